The van der Waals surface area contributed by atoms with E-state index < -0.39 is 24.4 Å². The molecule has 24 nitrogen and oxygen atoms in total. The third-order valence-corrected chi connectivity index (χ3v) is 23.9. The molecule has 6 aliphatic heterocycles. The monoisotopic (exact) mass is 1800 g/mol. The number of morpholine rings is 3. The van der Waals surface area contributed by atoms with Gasteiger partial charge in [-0.25, -0.2) is 25.0 Å². The highest BCUT2D eigenvalue weighted by molar-refractivity contribution is 7.80. The van der Waals surface area contributed by atoms with E-state index in [1.165, 1.54) is 9.80 Å². The van der Waals surface area contributed by atoms with E-state index in [-0.39, 0.29) is 28.8 Å². The molecule has 7 N–H and O–H groups in total. The number of anilines is 9. The van der Waals surface area contributed by atoms with Crippen LogP contribution in [0.2, 0.25) is 30.1 Å². The molecule has 3 fully saturated rings. The fourth-order valence-corrected chi connectivity index (χ4v) is 17.3. The molecule has 12 aromatic carbocycles. The Morgan fingerprint density at radius 3 is 1.10 bits per heavy atom. The number of aliphatic imine (C=N–C) groups is 5. The number of carbonyl (C=O) groups is 3. The minimum absolute atomic E-state index is 0.0623. The standard InChI is InChI=1S/C32H27Cl2N7O2.C31H28Cl2N6O2.C31H27Cl2N5O2S/c1-40-27-12-10-20(33)18-24(27)29(23-8-4-5-9-25(23)34)38-30(31(40)42)39-32(36-19-35)37-26-11-13-28(41-14-16-43-17-15-41)22-7-3-2-6-21(22)26;1-38-26-12-10-19(32)18-23(26)28(22-8-4-5-9-24(22)33)36-29(30(38)40)37-31(34)35-25-11-13-27(39-14-16-41-17-15-39)21-7-3-2-6-20(21)25;1-37-26-12-10-19(32)18-23(26)28(22-8-4-5-9-24(22)33)35-29(30(37)39)36-31(41)34-25-11-13-27(38-14-16-40-17-15-38)21-7-3-2-6-20(21)25/h2-13,18,30H,14-17H2,1H3,(H2,36,37,39);2-13,18,29H,14-17H2,1H3,(H3,34,35,37);2-13,18,29H,14-17H2,1H3,(H2,34,36,41). The van der Waals surface area contributed by atoms with Crippen LogP contribution in [-0.4, -0.2) is 170 Å². The van der Waals surface area contributed by atoms with E-state index in [9.17, 15) is 19.6 Å². The van der Waals surface area contributed by atoms with E-state index in [1.54, 1.807) is 92.8 Å². The van der Waals surface area contributed by atoms with Crippen molar-refractivity contribution in [2.45, 2.75) is 18.5 Å². The number of hydrogen-bond donors (Lipinski definition) is 6. The second-order valence-electron chi connectivity index (χ2n) is 29.6. The number of nitriles is 1. The second-order valence-corrected chi connectivity index (χ2v) is 32.5. The van der Waals surface area contributed by atoms with Gasteiger partial charge in [0.25, 0.3) is 17.7 Å². The van der Waals surface area contributed by atoms with Gasteiger partial charge in [-0.1, -0.05) is 197 Å². The van der Waals surface area contributed by atoms with Crippen molar-refractivity contribution < 1.29 is 28.6 Å². The molecule has 0 aromatic heterocycles. The van der Waals surface area contributed by atoms with E-state index in [0.717, 1.165) is 100 Å². The predicted octanol–water partition coefficient (Wildman–Crippen LogP) is 17.3. The zero-order valence-corrected chi connectivity index (χ0v) is 73.2. The van der Waals surface area contributed by atoms with Crippen molar-refractivity contribution in [1.29, 1.82) is 5.26 Å². The van der Waals surface area contributed by atoms with Crippen LogP contribution in [0.4, 0.5) is 51.2 Å². The van der Waals surface area contributed by atoms with Crippen molar-refractivity contribution >= 4 is 217 Å². The van der Waals surface area contributed by atoms with Crippen LogP contribution < -0.4 is 61.7 Å². The molecule has 0 spiro atoms. The number of benzene rings is 12. The molecule has 125 heavy (non-hydrogen) atoms. The van der Waals surface area contributed by atoms with Crippen molar-refractivity contribution in [2.75, 3.05) is 145 Å². The highest BCUT2D eigenvalue weighted by Gasteiger charge is 2.36. The Kier molecular flexibility index (Phi) is 26.7. The molecule has 6 aliphatic rings. The molecule has 3 amide bonds. The maximum Gasteiger partial charge on any atom is 0.274 e. The molecule has 3 saturated heterocycles. The number of halogens is 6. The Balaban J connectivity index is 0.000000138. The minimum atomic E-state index is -1.23. The molecule has 31 heteroatoms. The molecule has 0 aliphatic carbocycles. The number of benzodiazepines with no additional fused rings is 3. The lowest BCUT2D eigenvalue weighted by Crippen LogP contribution is -2.47. The lowest BCUT2D eigenvalue weighted by molar-refractivity contribution is -0.120. The van der Waals surface area contributed by atoms with Gasteiger partial charge in [-0.2, -0.15) is 5.26 Å². The lowest BCUT2D eigenvalue weighted by atomic mass is 10.00. The van der Waals surface area contributed by atoms with Gasteiger partial charge in [-0.05, 0) is 121 Å². The molecular weight excluding hydrogens is 1720 g/mol. The van der Waals surface area contributed by atoms with E-state index in [2.05, 4.69) is 87.7 Å². The fraction of sp³-hybridized carbons (Fsp3) is 0.191. The normalized spacial score (nSPS) is 17.3. The number of guanidine groups is 2. The predicted molar refractivity (Wildman–Crippen MR) is 513 cm³/mol. The van der Waals surface area contributed by atoms with Gasteiger partial charge in [0.2, 0.25) is 24.5 Å². The average molecular weight is 1800 g/mol. The first kappa shape index (κ1) is 86.1. The molecular formula is C94H82Cl6N18O6S. The Hall–Kier alpha value is -12.4. The van der Waals surface area contributed by atoms with Crippen LogP contribution in [-0.2, 0) is 28.6 Å². The summed E-state index contributed by atoms with van der Waals surface area (Å²) in [5.41, 5.74) is 19.6. The Bertz CT molecular complexity index is 6410. The number of rotatable bonds is 12. The van der Waals surface area contributed by atoms with Gasteiger partial charge < -0.3 is 70.6 Å². The van der Waals surface area contributed by atoms with Gasteiger partial charge in [0.05, 0.1) is 73.8 Å². The largest absolute Gasteiger partial charge is 0.378 e. The topological polar surface area (TPSA) is 270 Å². The average Bonchev–Trinajstić information content (AvgIpc) is 1.31. The van der Waals surface area contributed by atoms with Gasteiger partial charge in [-0.15, -0.1) is 0 Å². The summed E-state index contributed by atoms with van der Waals surface area (Å²) in [7, 11) is 5.05. The summed E-state index contributed by atoms with van der Waals surface area (Å²) >= 11 is 44.6. The zero-order chi connectivity index (χ0) is 86.9. The fourth-order valence-electron chi connectivity index (χ4n) is 15.9. The third-order valence-electron chi connectivity index (χ3n) is 22.0. The Morgan fingerprint density at radius 1 is 0.400 bits per heavy atom. The number of nitrogens with one attached hydrogen (secondary N) is 5. The molecule has 632 valence electrons. The van der Waals surface area contributed by atoms with Crippen molar-refractivity contribution in [2.24, 2.45) is 30.7 Å². The maximum atomic E-state index is 13.8. The lowest BCUT2D eigenvalue weighted by Gasteiger charge is -2.30. The van der Waals surface area contributed by atoms with Crippen LogP contribution in [0.15, 0.2) is 262 Å². The smallest absolute Gasteiger partial charge is 0.274 e. The number of amides is 3. The first-order valence-electron chi connectivity index (χ1n) is 40.2. The molecule has 0 bridgehead atoms. The number of ether oxygens (including phenoxy) is 3. The van der Waals surface area contributed by atoms with Crippen molar-refractivity contribution in [1.82, 2.24) is 10.6 Å². The van der Waals surface area contributed by atoms with Gasteiger partial charge in [-0.3, -0.25) is 19.7 Å². The number of thiocarbonyl (C=S) groups is 1. The highest BCUT2D eigenvalue weighted by atomic mass is 35.5. The SMILES string of the molecule is CN1C(=O)C(N=C(N)Nc2ccc(N3CCOCC3)c3ccccc23)N=C(c2ccccc2Cl)c2cc(Cl)ccc21.CN1C(=O)C(N=C(NC#N)Nc2ccc(N3CCOCC3)c3ccccc23)N=C(c2ccccc2Cl)c2cc(Cl)ccc21.CN1C(=O)C(NC(=S)Nc2ccc(N3CCOCC3)c3ccccc23)N=C(c2ccccc2Cl)c2cc(Cl)ccc21. The van der Waals surface area contributed by atoms with E-state index in [0.29, 0.717) is 143 Å². The number of carbonyl (C=O) groups excluding carboxylic acids is 3. The van der Waals surface area contributed by atoms with Crippen LogP contribution >= 0.6 is 81.8 Å². The summed E-state index contributed by atoms with van der Waals surface area (Å²) in [6.45, 7) is 9.11. The van der Waals surface area contributed by atoms with Crippen LogP contribution in [0, 0.1) is 11.5 Å². The van der Waals surface area contributed by atoms with Gasteiger partial charge in [0, 0.05) is 190 Å². The first-order valence-corrected chi connectivity index (χ1v) is 42.8. The summed E-state index contributed by atoms with van der Waals surface area (Å²) in [6, 6.07) is 74.3. The van der Waals surface area contributed by atoms with Crippen LogP contribution in [0.1, 0.15) is 33.4 Å². The number of nitrogens with two attached hydrogens (primary N) is 1. The molecule has 18 rings (SSSR count). The number of fused-ring (bicyclic) bond motifs is 6. The number of hydrogen-bond acceptors (Lipinski definition) is 16. The third kappa shape index (κ3) is 18.9. The van der Waals surface area contributed by atoms with E-state index >= 15 is 0 Å². The Labute approximate surface area is 757 Å². The van der Waals surface area contributed by atoms with Gasteiger partial charge in [0.1, 0.15) is 0 Å². The van der Waals surface area contributed by atoms with E-state index in [4.69, 9.17) is 117 Å². The van der Waals surface area contributed by atoms with Crippen molar-refractivity contribution in [3.8, 4) is 6.19 Å². The molecule has 3 atom stereocenters. The van der Waals surface area contributed by atoms with Gasteiger partial charge in [0.15, 0.2) is 17.3 Å². The second kappa shape index (κ2) is 38.8. The molecule has 0 radical (unpaired) electrons. The molecule has 3 unspecified atom stereocenters. The zero-order valence-electron chi connectivity index (χ0n) is 67.8. The quantitative estimate of drug-likeness (QED) is 0.0218. The van der Waals surface area contributed by atoms with Crippen molar-refractivity contribution in [3.63, 3.8) is 0 Å². The van der Waals surface area contributed by atoms with E-state index in [1.807, 2.05) is 140 Å². The van der Waals surface area contributed by atoms with Crippen LogP contribution in [0.25, 0.3) is 32.3 Å². The summed E-state index contributed by atoms with van der Waals surface area (Å²) in [6.07, 6.45) is -1.45. The highest BCUT2D eigenvalue weighted by Crippen LogP contribution is 2.41. The van der Waals surface area contributed by atoms with Crippen LogP contribution in [0.3, 0.4) is 0 Å². The molecule has 6 heterocycles. The minimum Gasteiger partial charge on any atom is -0.378 e. The summed E-state index contributed by atoms with van der Waals surface area (Å²) < 4.78 is 16.6. The summed E-state index contributed by atoms with van der Waals surface area (Å²) in [5.74, 6) is -0.866. The van der Waals surface area contributed by atoms with Crippen molar-refractivity contribution in [3.05, 3.63) is 300 Å². The molecule has 0 saturated carbocycles. The number of likely N-dealkylation sites (N-methyl/N-ethyl adjacent to an activating group) is 3. The van der Waals surface area contributed by atoms with Gasteiger partial charge >= 0.3 is 0 Å². The molecule has 12 aromatic rings. The summed E-state index contributed by atoms with van der Waals surface area (Å²) in [5, 5.41) is 34.6. The first-order chi connectivity index (χ1) is 60.7. The maximum absolute atomic E-state index is 13.8. The van der Waals surface area contributed by atoms with Crippen LogP contribution in [0.5, 0.6) is 0 Å². The number of nitrogens with zero attached hydrogens (tertiary/aromatic N) is 12. The summed E-state index contributed by atoms with van der Waals surface area (Å²) in [4.78, 5) is 76.2. The Morgan fingerprint density at radius 2 is 0.720 bits per heavy atom.